The third-order valence-electron chi connectivity index (χ3n) is 3.31. The van der Waals surface area contributed by atoms with Crippen molar-refractivity contribution in [2.45, 2.75) is 19.9 Å². The summed E-state index contributed by atoms with van der Waals surface area (Å²) in [5.74, 6) is 0.905. The molecule has 0 radical (unpaired) electrons. The van der Waals surface area contributed by atoms with Crippen molar-refractivity contribution in [3.05, 3.63) is 64.7 Å². The number of hydrogen-bond donors (Lipinski definition) is 3. The van der Waals surface area contributed by atoms with Crippen molar-refractivity contribution in [1.29, 1.82) is 5.41 Å². The number of amidine groups is 1. The van der Waals surface area contributed by atoms with Gasteiger partial charge in [0.25, 0.3) is 0 Å². The van der Waals surface area contributed by atoms with Gasteiger partial charge in [-0.15, -0.1) is 0 Å². The molecule has 122 valence electrons. The largest absolute Gasteiger partial charge is 0.335 e. The van der Waals surface area contributed by atoms with E-state index >= 15 is 0 Å². The van der Waals surface area contributed by atoms with Crippen LogP contribution in [0.15, 0.2) is 48.5 Å². The normalized spacial score (nSPS) is 10.5. The van der Waals surface area contributed by atoms with Gasteiger partial charge in [0.05, 0.1) is 0 Å². The van der Waals surface area contributed by atoms with Crippen LogP contribution in [0.2, 0.25) is 5.02 Å². The summed E-state index contributed by atoms with van der Waals surface area (Å²) in [6.45, 7) is 3.78. The van der Waals surface area contributed by atoms with E-state index in [1.165, 1.54) is 22.9 Å². The first-order chi connectivity index (χ1) is 11.2. The molecule has 0 atom stereocenters. The second kappa shape index (κ2) is 9.60. The molecular formula is C18H22ClN3S. The summed E-state index contributed by atoms with van der Waals surface area (Å²) in [6.07, 6.45) is 0.974. The maximum absolute atomic E-state index is 7.74. The van der Waals surface area contributed by atoms with E-state index < -0.39 is 0 Å². The lowest BCUT2D eigenvalue weighted by Crippen LogP contribution is -2.16. The molecule has 3 nitrogen and oxygen atoms in total. The summed E-state index contributed by atoms with van der Waals surface area (Å²) < 4.78 is 0. The summed E-state index contributed by atoms with van der Waals surface area (Å²) in [5.41, 5.74) is 3.44. The number of benzene rings is 2. The minimum atomic E-state index is 0.489. The van der Waals surface area contributed by atoms with Crippen molar-refractivity contribution in [1.82, 2.24) is 5.32 Å². The van der Waals surface area contributed by atoms with Gasteiger partial charge in [-0.3, -0.25) is 5.41 Å². The average Bonchev–Trinajstić information content (AvgIpc) is 2.53. The van der Waals surface area contributed by atoms with Gasteiger partial charge >= 0.3 is 0 Å². The lowest BCUT2D eigenvalue weighted by Gasteiger charge is -2.08. The number of hydrogen-bond acceptors (Lipinski definition) is 3. The van der Waals surface area contributed by atoms with Gasteiger partial charge in [0.15, 0.2) is 5.17 Å². The Hall–Kier alpha value is -1.49. The van der Waals surface area contributed by atoms with Crippen LogP contribution in [0.3, 0.4) is 0 Å². The molecule has 0 aliphatic heterocycles. The Balaban J connectivity index is 1.72. The van der Waals surface area contributed by atoms with Crippen molar-refractivity contribution in [2.75, 3.05) is 17.6 Å². The molecule has 0 aromatic heterocycles. The zero-order valence-corrected chi connectivity index (χ0v) is 14.8. The minimum Gasteiger partial charge on any atom is -0.335 e. The van der Waals surface area contributed by atoms with E-state index in [2.05, 4.69) is 28.8 Å². The molecule has 2 rings (SSSR count). The Morgan fingerprint density at radius 2 is 1.91 bits per heavy atom. The first-order valence-electron chi connectivity index (χ1n) is 7.70. The predicted molar refractivity (Wildman–Crippen MR) is 103 cm³/mol. The second-order valence-corrected chi connectivity index (χ2v) is 6.85. The highest BCUT2D eigenvalue weighted by atomic mass is 35.5. The lowest BCUT2D eigenvalue weighted by atomic mass is 10.1. The quantitative estimate of drug-likeness (QED) is 0.384. The van der Waals surface area contributed by atoms with Gasteiger partial charge in [0.1, 0.15) is 0 Å². The smallest absolute Gasteiger partial charge is 0.158 e. The first kappa shape index (κ1) is 17.9. The molecule has 5 heteroatoms. The maximum atomic E-state index is 7.74. The summed E-state index contributed by atoms with van der Waals surface area (Å²) in [7, 11) is 0. The van der Waals surface area contributed by atoms with Gasteiger partial charge in [-0.2, -0.15) is 0 Å². The SMILES string of the molecule is CCSC(=N)Nc1ccc(CCNCc2cccc(Cl)c2)cc1. The third kappa shape index (κ3) is 6.65. The van der Waals surface area contributed by atoms with E-state index in [4.69, 9.17) is 17.0 Å². The standard InChI is InChI=1S/C18H22ClN3S/c1-2-23-18(20)22-17-8-6-14(7-9-17)10-11-21-13-15-4-3-5-16(19)12-15/h3-9,12,21H,2,10-11,13H2,1H3,(H2,20,22). The topological polar surface area (TPSA) is 47.9 Å². The maximum Gasteiger partial charge on any atom is 0.158 e. The fourth-order valence-electron chi connectivity index (χ4n) is 2.18. The van der Waals surface area contributed by atoms with Crippen LogP contribution in [0.1, 0.15) is 18.1 Å². The third-order valence-corrected chi connectivity index (χ3v) is 4.22. The van der Waals surface area contributed by atoms with Gasteiger partial charge in [-0.05, 0) is 54.1 Å². The highest BCUT2D eigenvalue weighted by Crippen LogP contribution is 2.13. The number of thioether (sulfide) groups is 1. The van der Waals surface area contributed by atoms with Crippen molar-refractivity contribution < 1.29 is 0 Å². The molecule has 0 aliphatic carbocycles. The Bertz CT molecular complexity index is 628. The van der Waals surface area contributed by atoms with Crippen LogP contribution in [0, 0.1) is 5.41 Å². The number of nitrogens with one attached hydrogen (secondary N) is 3. The molecule has 0 heterocycles. The van der Waals surface area contributed by atoms with Crippen LogP contribution in [-0.2, 0) is 13.0 Å². The average molecular weight is 348 g/mol. The molecule has 3 N–H and O–H groups in total. The Morgan fingerprint density at radius 1 is 1.13 bits per heavy atom. The number of rotatable bonds is 7. The van der Waals surface area contributed by atoms with Gasteiger partial charge in [0.2, 0.25) is 0 Å². The van der Waals surface area contributed by atoms with E-state index in [1.807, 2.05) is 37.3 Å². The highest BCUT2D eigenvalue weighted by molar-refractivity contribution is 8.14. The molecular weight excluding hydrogens is 326 g/mol. The molecule has 0 amide bonds. The summed E-state index contributed by atoms with van der Waals surface area (Å²) in [5, 5.41) is 15.5. The van der Waals surface area contributed by atoms with Gasteiger partial charge in [0, 0.05) is 17.3 Å². The first-order valence-corrected chi connectivity index (χ1v) is 9.06. The van der Waals surface area contributed by atoms with Gasteiger partial charge < -0.3 is 10.6 Å². The predicted octanol–water partition coefficient (Wildman–Crippen LogP) is 4.77. The molecule has 2 aromatic carbocycles. The molecule has 23 heavy (non-hydrogen) atoms. The molecule has 0 fully saturated rings. The zero-order chi connectivity index (χ0) is 16.5. The van der Waals surface area contributed by atoms with Crippen LogP contribution < -0.4 is 10.6 Å². The van der Waals surface area contributed by atoms with Crippen LogP contribution >= 0.6 is 23.4 Å². The van der Waals surface area contributed by atoms with Crippen molar-refractivity contribution in [3.63, 3.8) is 0 Å². The van der Waals surface area contributed by atoms with Crippen LogP contribution in [0.5, 0.6) is 0 Å². The molecule has 0 aliphatic rings. The number of anilines is 1. The number of halogens is 1. The van der Waals surface area contributed by atoms with Crippen molar-refractivity contribution >= 4 is 34.2 Å². The molecule has 0 saturated carbocycles. The van der Waals surface area contributed by atoms with E-state index in [0.717, 1.165) is 36.0 Å². The van der Waals surface area contributed by atoms with E-state index in [0.29, 0.717) is 5.17 Å². The Morgan fingerprint density at radius 3 is 2.61 bits per heavy atom. The second-order valence-electron chi connectivity index (χ2n) is 5.14. The van der Waals surface area contributed by atoms with Crippen LogP contribution in [0.4, 0.5) is 5.69 Å². The molecule has 0 spiro atoms. The fourth-order valence-corrected chi connectivity index (χ4v) is 2.87. The molecule has 0 unspecified atom stereocenters. The fraction of sp³-hybridized carbons (Fsp3) is 0.278. The highest BCUT2D eigenvalue weighted by Gasteiger charge is 1.99. The van der Waals surface area contributed by atoms with Crippen LogP contribution in [-0.4, -0.2) is 17.5 Å². The lowest BCUT2D eigenvalue weighted by molar-refractivity contribution is 0.687. The summed E-state index contributed by atoms with van der Waals surface area (Å²) in [4.78, 5) is 0. The molecule has 0 bridgehead atoms. The van der Waals surface area contributed by atoms with Gasteiger partial charge in [-0.25, -0.2) is 0 Å². The van der Waals surface area contributed by atoms with E-state index in [-0.39, 0.29) is 0 Å². The molecule has 2 aromatic rings. The van der Waals surface area contributed by atoms with E-state index in [9.17, 15) is 0 Å². The Labute approximate surface area is 147 Å². The molecule has 0 saturated heterocycles. The minimum absolute atomic E-state index is 0.489. The summed E-state index contributed by atoms with van der Waals surface area (Å²) in [6, 6.07) is 16.2. The van der Waals surface area contributed by atoms with Crippen molar-refractivity contribution in [3.8, 4) is 0 Å². The van der Waals surface area contributed by atoms with Crippen LogP contribution in [0.25, 0.3) is 0 Å². The van der Waals surface area contributed by atoms with Gasteiger partial charge in [-0.1, -0.05) is 54.6 Å². The van der Waals surface area contributed by atoms with E-state index in [1.54, 1.807) is 0 Å². The summed E-state index contributed by atoms with van der Waals surface area (Å²) >= 11 is 7.47. The monoisotopic (exact) mass is 347 g/mol. The van der Waals surface area contributed by atoms with Crippen molar-refractivity contribution in [2.24, 2.45) is 0 Å². The Kier molecular flexibility index (Phi) is 7.46. The zero-order valence-electron chi connectivity index (χ0n) is 13.2.